The zero-order valence-corrected chi connectivity index (χ0v) is 16.7. The van der Waals surface area contributed by atoms with Crippen LogP contribution in [0.5, 0.6) is 0 Å². The van der Waals surface area contributed by atoms with Gasteiger partial charge in [-0.25, -0.2) is 0 Å². The summed E-state index contributed by atoms with van der Waals surface area (Å²) in [5.41, 5.74) is 5.77. The van der Waals surface area contributed by atoms with E-state index in [9.17, 15) is 9.59 Å². The first-order chi connectivity index (χ1) is 12.8. The van der Waals surface area contributed by atoms with Crippen LogP contribution < -0.4 is 5.32 Å². The van der Waals surface area contributed by atoms with Crippen molar-refractivity contribution in [3.8, 4) is 0 Å². The lowest BCUT2D eigenvalue weighted by atomic mass is 9.89. The van der Waals surface area contributed by atoms with Gasteiger partial charge in [0, 0.05) is 42.7 Å². The van der Waals surface area contributed by atoms with E-state index in [0.29, 0.717) is 24.7 Å². The Hall–Kier alpha value is -2.30. The van der Waals surface area contributed by atoms with Gasteiger partial charge in [0.25, 0.3) is 0 Å². The maximum absolute atomic E-state index is 13.1. The molecule has 1 aromatic carbocycles. The summed E-state index contributed by atoms with van der Waals surface area (Å²) in [6.45, 7) is 7.04. The van der Waals surface area contributed by atoms with Crippen molar-refractivity contribution in [2.75, 3.05) is 13.6 Å². The van der Waals surface area contributed by atoms with Crippen LogP contribution in [-0.4, -0.2) is 41.3 Å². The smallest absolute Gasteiger partial charge is 0.227 e. The molecule has 27 heavy (non-hydrogen) atoms. The van der Waals surface area contributed by atoms with Gasteiger partial charge in [-0.3, -0.25) is 9.59 Å². The summed E-state index contributed by atoms with van der Waals surface area (Å²) in [6, 6.07) is 4.50. The number of carbonyl (C=O) groups excluding carboxylic acids is 2. The zero-order chi connectivity index (χ0) is 19.3. The molecule has 1 saturated heterocycles. The molecule has 5 nitrogen and oxygen atoms in total. The van der Waals surface area contributed by atoms with Crippen molar-refractivity contribution in [2.24, 2.45) is 11.8 Å². The first-order valence-electron chi connectivity index (χ1n) is 9.94. The van der Waals surface area contributed by atoms with Crippen molar-refractivity contribution >= 4 is 22.7 Å². The zero-order valence-electron chi connectivity index (χ0n) is 16.7. The molecule has 5 heteroatoms. The minimum Gasteiger partial charge on any atom is -0.358 e. The molecule has 0 spiro atoms. The highest BCUT2D eigenvalue weighted by Gasteiger charge is 2.40. The minimum absolute atomic E-state index is 0.158. The van der Waals surface area contributed by atoms with Crippen LogP contribution in [0.15, 0.2) is 12.1 Å². The lowest BCUT2D eigenvalue weighted by Gasteiger charge is -2.25. The highest BCUT2D eigenvalue weighted by molar-refractivity contribution is 5.94. The summed E-state index contributed by atoms with van der Waals surface area (Å²) in [7, 11) is 1.93. The summed E-state index contributed by atoms with van der Waals surface area (Å²) in [5.74, 6) is 1.27. The Balaban J connectivity index is 1.53. The summed E-state index contributed by atoms with van der Waals surface area (Å²) in [5, 5.41) is 4.17. The van der Waals surface area contributed by atoms with E-state index in [1.54, 1.807) is 0 Å². The molecular weight excluding hydrogens is 338 g/mol. The number of piperidine rings is 1. The Kier molecular flexibility index (Phi) is 4.49. The predicted molar refractivity (Wildman–Crippen MR) is 107 cm³/mol. The molecule has 1 aromatic heterocycles. The number of carbonyl (C=O) groups is 2. The summed E-state index contributed by atoms with van der Waals surface area (Å²) in [4.78, 5) is 30.2. The van der Waals surface area contributed by atoms with E-state index in [4.69, 9.17) is 0 Å². The van der Waals surface area contributed by atoms with E-state index in [0.717, 1.165) is 36.2 Å². The Bertz CT molecular complexity index is 914. The normalized spacial score (nSPS) is 24.7. The van der Waals surface area contributed by atoms with Crippen LogP contribution >= 0.6 is 0 Å². The third-order valence-electron chi connectivity index (χ3n) is 6.78. The number of fused-ring (bicyclic) bond motifs is 2. The van der Waals surface area contributed by atoms with Crippen molar-refractivity contribution in [2.45, 2.75) is 52.5 Å². The molecule has 2 fully saturated rings. The monoisotopic (exact) mass is 367 g/mol. The average Bonchev–Trinajstić information content (AvgIpc) is 3.19. The van der Waals surface area contributed by atoms with Crippen molar-refractivity contribution in [3.05, 3.63) is 34.5 Å². The summed E-state index contributed by atoms with van der Waals surface area (Å²) < 4.78 is 0. The molecule has 2 heterocycles. The maximum atomic E-state index is 13.1. The first kappa shape index (κ1) is 18.1. The van der Waals surface area contributed by atoms with E-state index < -0.39 is 0 Å². The minimum atomic E-state index is 0.158. The van der Waals surface area contributed by atoms with Gasteiger partial charge < -0.3 is 15.2 Å². The predicted octanol–water partition coefficient (Wildman–Crippen LogP) is 3.01. The van der Waals surface area contributed by atoms with Gasteiger partial charge in [-0.1, -0.05) is 12.1 Å². The second-order valence-electron chi connectivity index (χ2n) is 8.51. The summed E-state index contributed by atoms with van der Waals surface area (Å²) in [6.07, 6.45) is 2.99. The maximum Gasteiger partial charge on any atom is 0.227 e. The lowest BCUT2D eigenvalue weighted by molar-refractivity contribution is -0.131. The SMILES string of the molecule is Cc1[nH]c2c(C)ccc(C)c2c1CC(=O)N(C)[C@H]1C[C@H]2CC(=O)NC[C@H]2C1. The van der Waals surface area contributed by atoms with Crippen LogP contribution in [0.3, 0.4) is 0 Å². The Morgan fingerprint density at radius 1 is 1.15 bits per heavy atom. The summed E-state index contributed by atoms with van der Waals surface area (Å²) >= 11 is 0. The van der Waals surface area contributed by atoms with Crippen molar-refractivity contribution in [3.63, 3.8) is 0 Å². The van der Waals surface area contributed by atoms with Crippen molar-refractivity contribution in [1.29, 1.82) is 0 Å². The number of aromatic nitrogens is 1. The number of benzene rings is 1. The van der Waals surface area contributed by atoms with Gasteiger partial charge in [0.15, 0.2) is 0 Å². The molecule has 2 N–H and O–H groups in total. The van der Waals surface area contributed by atoms with Crippen LogP contribution in [0.4, 0.5) is 0 Å². The molecule has 0 unspecified atom stereocenters. The van der Waals surface area contributed by atoms with E-state index in [-0.39, 0.29) is 17.9 Å². The third-order valence-corrected chi connectivity index (χ3v) is 6.78. The molecule has 0 bridgehead atoms. The van der Waals surface area contributed by atoms with Crippen LogP contribution in [0.2, 0.25) is 0 Å². The molecule has 2 aromatic rings. The van der Waals surface area contributed by atoms with Crippen LogP contribution in [0.25, 0.3) is 10.9 Å². The number of aromatic amines is 1. The second kappa shape index (κ2) is 6.70. The third kappa shape index (κ3) is 3.13. The van der Waals surface area contributed by atoms with Gasteiger partial charge in [0.2, 0.25) is 11.8 Å². The van der Waals surface area contributed by atoms with E-state index in [1.807, 2.05) is 11.9 Å². The molecule has 1 saturated carbocycles. The van der Waals surface area contributed by atoms with Gasteiger partial charge in [-0.05, 0) is 62.1 Å². The number of likely N-dealkylation sites (N-methyl/N-ethyl adjacent to an activating group) is 1. The number of nitrogens with one attached hydrogen (secondary N) is 2. The van der Waals surface area contributed by atoms with Crippen LogP contribution in [0.1, 0.15) is 41.6 Å². The molecule has 4 rings (SSSR count). The second-order valence-corrected chi connectivity index (χ2v) is 8.51. The Labute approximate surface area is 160 Å². The van der Waals surface area contributed by atoms with E-state index in [1.165, 1.54) is 16.5 Å². The fourth-order valence-electron chi connectivity index (χ4n) is 5.06. The van der Waals surface area contributed by atoms with E-state index >= 15 is 0 Å². The van der Waals surface area contributed by atoms with Gasteiger partial charge in [0.05, 0.1) is 6.42 Å². The van der Waals surface area contributed by atoms with Gasteiger partial charge in [0.1, 0.15) is 0 Å². The number of H-pyrrole nitrogens is 1. The lowest BCUT2D eigenvalue weighted by Crippen LogP contribution is -2.38. The quantitative estimate of drug-likeness (QED) is 0.876. The first-order valence-corrected chi connectivity index (χ1v) is 9.94. The van der Waals surface area contributed by atoms with E-state index in [2.05, 4.69) is 43.2 Å². The Morgan fingerprint density at radius 2 is 1.85 bits per heavy atom. The molecule has 2 amide bonds. The molecular formula is C22H29N3O2. The number of amides is 2. The molecule has 144 valence electrons. The fourth-order valence-corrected chi connectivity index (χ4v) is 5.06. The average molecular weight is 367 g/mol. The highest BCUT2D eigenvalue weighted by atomic mass is 16.2. The number of rotatable bonds is 3. The van der Waals surface area contributed by atoms with Crippen LogP contribution in [0, 0.1) is 32.6 Å². The fraction of sp³-hybridized carbons (Fsp3) is 0.545. The number of aryl methyl sites for hydroxylation is 3. The molecule has 1 aliphatic heterocycles. The number of nitrogens with zero attached hydrogens (tertiary/aromatic N) is 1. The molecule has 0 radical (unpaired) electrons. The Morgan fingerprint density at radius 3 is 2.63 bits per heavy atom. The van der Waals surface area contributed by atoms with Crippen molar-refractivity contribution in [1.82, 2.24) is 15.2 Å². The van der Waals surface area contributed by atoms with Gasteiger partial charge in [-0.15, -0.1) is 0 Å². The largest absolute Gasteiger partial charge is 0.358 e. The van der Waals surface area contributed by atoms with Gasteiger partial charge in [-0.2, -0.15) is 0 Å². The molecule has 2 aliphatic rings. The molecule has 3 atom stereocenters. The highest BCUT2D eigenvalue weighted by Crippen LogP contribution is 2.38. The molecule has 1 aliphatic carbocycles. The topological polar surface area (TPSA) is 65.2 Å². The standard InChI is InChI=1S/C22H29N3O2/c1-12-5-6-13(2)22-21(12)18(14(3)24-22)10-20(27)25(4)17-7-15-9-19(26)23-11-16(15)8-17/h5-6,15-17,24H,7-11H2,1-4H3,(H,23,26)/t15-,16+,17-/m0/s1. The van der Waals surface area contributed by atoms with Crippen LogP contribution in [-0.2, 0) is 16.0 Å². The van der Waals surface area contributed by atoms with Gasteiger partial charge >= 0.3 is 0 Å². The number of hydrogen-bond acceptors (Lipinski definition) is 2. The van der Waals surface area contributed by atoms with Crippen molar-refractivity contribution < 1.29 is 9.59 Å². The number of hydrogen-bond donors (Lipinski definition) is 2.